The normalized spacial score (nSPS) is 28.3. The van der Waals surface area contributed by atoms with Crippen molar-refractivity contribution in [1.29, 1.82) is 0 Å². The van der Waals surface area contributed by atoms with E-state index in [1.807, 2.05) is 7.11 Å². The van der Waals surface area contributed by atoms with E-state index in [9.17, 15) is 0 Å². The van der Waals surface area contributed by atoms with E-state index >= 15 is 0 Å². The summed E-state index contributed by atoms with van der Waals surface area (Å²) in [5.41, 5.74) is 6.29. The smallest absolute Gasteiger partial charge is 0.0767 e. The number of nitrogens with zero attached hydrogens (tertiary/aromatic N) is 1. The van der Waals surface area contributed by atoms with Crippen LogP contribution in [-0.4, -0.2) is 43.3 Å². The van der Waals surface area contributed by atoms with E-state index in [0.717, 1.165) is 25.4 Å². The fraction of sp³-hybridized carbons (Fsp3) is 1.00. The third-order valence-corrected chi connectivity index (χ3v) is 5.21. The highest BCUT2D eigenvalue weighted by molar-refractivity contribution is 5.01. The number of rotatable bonds is 8. The highest BCUT2D eigenvalue weighted by atomic mass is 16.5. The zero-order valence-electron chi connectivity index (χ0n) is 13.5. The first-order chi connectivity index (χ1) is 9.18. The summed E-state index contributed by atoms with van der Waals surface area (Å²) in [5, 5.41) is 0. The van der Waals surface area contributed by atoms with Gasteiger partial charge in [0.25, 0.3) is 0 Å². The van der Waals surface area contributed by atoms with Crippen molar-refractivity contribution >= 4 is 0 Å². The van der Waals surface area contributed by atoms with E-state index < -0.39 is 0 Å². The van der Waals surface area contributed by atoms with Crippen molar-refractivity contribution in [3.63, 3.8) is 0 Å². The monoisotopic (exact) mass is 270 g/mol. The van der Waals surface area contributed by atoms with Crippen LogP contribution in [0.3, 0.4) is 0 Å². The average molecular weight is 270 g/mol. The zero-order chi connectivity index (χ0) is 14.3. The molecule has 3 heteroatoms. The van der Waals surface area contributed by atoms with Crippen LogP contribution in [0.4, 0.5) is 0 Å². The first-order valence-electron chi connectivity index (χ1n) is 8.16. The second-order valence-corrected chi connectivity index (χ2v) is 6.00. The van der Waals surface area contributed by atoms with Gasteiger partial charge in [-0.25, -0.2) is 0 Å². The van der Waals surface area contributed by atoms with Crippen molar-refractivity contribution in [2.75, 3.05) is 26.7 Å². The fourth-order valence-electron chi connectivity index (χ4n) is 3.74. The first kappa shape index (κ1) is 16.9. The Hall–Kier alpha value is -0.120. The molecule has 0 spiro atoms. The number of hydrogen-bond acceptors (Lipinski definition) is 3. The second-order valence-electron chi connectivity index (χ2n) is 6.00. The minimum Gasteiger partial charge on any atom is -0.379 e. The van der Waals surface area contributed by atoms with Gasteiger partial charge in [0.05, 0.1) is 11.6 Å². The lowest BCUT2D eigenvalue weighted by Crippen LogP contribution is -2.63. The first-order valence-corrected chi connectivity index (χ1v) is 8.16. The van der Waals surface area contributed by atoms with Gasteiger partial charge in [0.2, 0.25) is 0 Å². The molecule has 19 heavy (non-hydrogen) atoms. The number of likely N-dealkylation sites (N-methyl/N-ethyl adjacent to an activating group) is 1. The lowest BCUT2D eigenvalue weighted by atomic mass is 9.77. The van der Waals surface area contributed by atoms with Gasteiger partial charge in [-0.05, 0) is 25.3 Å². The van der Waals surface area contributed by atoms with Crippen LogP contribution in [0.2, 0.25) is 0 Å². The highest BCUT2D eigenvalue weighted by Crippen LogP contribution is 2.35. The van der Waals surface area contributed by atoms with Crippen LogP contribution in [0, 0.1) is 5.92 Å². The summed E-state index contributed by atoms with van der Waals surface area (Å²) in [6.45, 7) is 9.83. The molecule has 1 aliphatic rings. The van der Waals surface area contributed by atoms with Crippen molar-refractivity contribution in [3.05, 3.63) is 0 Å². The molecule has 0 aromatic carbocycles. The molecule has 0 saturated heterocycles. The van der Waals surface area contributed by atoms with Crippen molar-refractivity contribution < 1.29 is 4.74 Å². The van der Waals surface area contributed by atoms with E-state index in [2.05, 4.69) is 25.7 Å². The molecule has 1 saturated carbocycles. The molecule has 2 N–H and O–H groups in total. The lowest BCUT2D eigenvalue weighted by molar-refractivity contribution is -0.0787. The summed E-state index contributed by atoms with van der Waals surface area (Å²) < 4.78 is 5.81. The van der Waals surface area contributed by atoms with Gasteiger partial charge in [0, 0.05) is 20.2 Å². The topological polar surface area (TPSA) is 38.5 Å². The summed E-state index contributed by atoms with van der Waals surface area (Å²) in [6.07, 6.45) is 7.74. The molecule has 0 bridgehead atoms. The zero-order valence-corrected chi connectivity index (χ0v) is 13.5. The Kier molecular flexibility index (Phi) is 7.33. The Bertz CT molecular complexity index is 243. The molecule has 0 aliphatic heterocycles. The Balaban J connectivity index is 2.88. The molecule has 0 amide bonds. The van der Waals surface area contributed by atoms with E-state index in [0.29, 0.717) is 6.10 Å². The molecule has 0 aromatic heterocycles. The van der Waals surface area contributed by atoms with Gasteiger partial charge in [-0.3, -0.25) is 4.90 Å². The summed E-state index contributed by atoms with van der Waals surface area (Å²) in [7, 11) is 1.85. The van der Waals surface area contributed by atoms with Crippen LogP contribution in [-0.2, 0) is 4.74 Å². The maximum Gasteiger partial charge on any atom is 0.0767 e. The molecule has 114 valence electrons. The summed E-state index contributed by atoms with van der Waals surface area (Å²) in [5.74, 6) is 0.780. The van der Waals surface area contributed by atoms with E-state index in [1.165, 1.54) is 38.6 Å². The van der Waals surface area contributed by atoms with Crippen molar-refractivity contribution in [2.45, 2.75) is 70.9 Å². The Morgan fingerprint density at radius 2 is 1.95 bits per heavy atom. The standard InChI is InChI=1S/C16H34N2O/c1-5-14(6-2)12-18(7-3)16(13-17)11-9-8-10-15(16)19-4/h14-15H,5-13,17H2,1-4H3. The fourth-order valence-corrected chi connectivity index (χ4v) is 3.74. The molecule has 3 nitrogen and oxygen atoms in total. The second kappa shape index (κ2) is 8.23. The molecule has 2 atom stereocenters. The highest BCUT2D eigenvalue weighted by Gasteiger charge is 2.44. The average Bonchev–Trinajstić information content (AvgIpc) is 2.48. The van der Waals surface area contributed by atoms with Crippen LogP contribution in [0.15, 0.2) is 0 Å². The number of nitrogens with two attached hydrogens (primary N) is 1. The SMILES string of the molecule is CCC(CC)CN(CC)C1(CN)CCCCC1OC. The number of methoxy groups -OCH3 is 1. The minimum atomic E-state index is 0.0737. The van der Waals surface area contributed by atoms with E-state index in [1.54, 1.807) is 0 Å². The minimum absolute atomic E-state index is 0.0737. The molecule has 1 rings (SSSR count). The molecule has 0 radical (unpaired) electrons. The van der Waals surface area contributed by atoms with Crippen LogP contribution in [0.25, 0.3) is 0 Å². The summed E-state index contributed by atoms with van der Waals surface area (Å²) >= 11 is 0. The maximum absolute atomic E-state index is 6.22. The Labute approximate surface area is 119 Å². The molecule has 1 aliphatic carbocycles. The van der Waals surface area contributed by atoms with Gasteiger partial charge < -0.3 is 10.5 Å². The van der Waals surface area contributed by atoms with Gasteiger partial charge in [0.15, 0.2) is 0 Å². The van der Waals surface area contributed by atoms with E-state index in [4.69, 9.17) is 10.5 Å². The lowest BCUT2D eigenvalue weighted by Gasteiger charge is -2.51. The Morgan fingerprint density at radius 3 is 2.42 bits per heavy atom. The maximum atomic E-state index is 6.22. The van der Waals surface area contributed by atoms with Gasteiger partial charge >= 0.3 is 0 Å². The Morgan fingerprint density at radius 1 is 1.26 bits per heavy atom. The van der Waals surface area contributed by atoms with Crippen molar-refractivity contribution in [2.24, 2.45) is 11.7 Å². The third kappa shape index (κ3) is 3.71. The van der Waals surface area contributed by atoms with Crippen LogP contribution < -0.4 is 5.73 Å². The van der Waals surface area contributed by atoms with Crippen molar-refractivity contribution in [1.82, 2.24) is 4.90 Å². The van der Waals surface area contributed by atoms with E-state index in [-0.39, 0.29) is 5.54 Å². The quantitative estimate of drug-likeness (QED) is 0.737. The molecule has 1 fully saturated rings. The molecular formula is C16H34N2O. The van der Waals surface area contributed by atoms with Crippen molar-refractivity contribution in [3.8, 4) is 0 Å². The van der Waals surface area contributed by atoms with Gasteiger partial charge in [-0.1, -0.05) is 46.5 Å². The van der Waals surface area contributed by atoms with Crippen LogP contribution in [0.5, 0.6) is 0 Å². The molecule has 0 heterocycles. The van der Waals surface area contributed by atoms with Gasteiger partial charge in [-0.2, -0.15) is 0 Å². The van der Waals surface area contributed by atoms with Gasteiger partial charge in [-0.15, -0.1) is 0 Å². The molecule has 0 aromatic rings. The summed E-state index contributed by atoms with van der Waals surface area (Å²) in [4.78, 5) is 2.62. The third-order valence-electron chi connectivity index (χ3n) is 5.21. The molecular weight excluding hydrogens is 236 g/mol. The largest absolute Gasteiger partial charge is 0.379 e. The van der Waals surface area contributed by atoms with Gasteiger partial charge in [0.1, 0.15) is 0 Å². The van der Waals surface area contributed by atoms with Crippen LogP contribution in [0.1, 0.15) is 59.3 Å². The summed E-state index contributed by atoms with van der Waals surface area (Å²) in [6, 6.07) is 0. The van der Waals surface area contributed by atoms with Crippen LogP contribution >= 0.6 is 0 Å². The number of hydrogen-bond donors (Lipinski definition) is 1. The molecule has 2 unspecified atom stereocenters. The number of ether oxygens (including phenoxy) is 1. The predicted molar refractivity (Wildman–Crippen MR) is 82.4 cm³/mol. The predicted octanol–water partition coefficient (Wildman–Crippen LogP) is 3.03.